The average molecular weight is 236 g/mol. The first-order valence-electron chi connectivity index (χ1n) is 3.98. The third-order valence-corrected chi connectivity index (χ3v) is 2.22. The number of halogens is 3. The van der Waals surface area contributed by atoms with Crippen molar-refractivity contribution in [3.05, 3.63) is 34.9 Å². The summed E-state index contributed by atoms with van der Waals surface area (Å²) >= 11 is 5.53. The molecule has 1 aromatic carbocycles. The van der Waals surface area contributed by atoms with Crippen molar-refractivity contribution < 1.29 is 18.7 Å². The number of carboxylic acid groups (broad SMARTS) is 1. The monoisotopic (exact) mass is 235 g/mol. The Balaban J connectivity index is 3.16. The van der Waals surface area contributed by atoms with Gasteiger partial charge in [0.2, 0.25) is 0 Å². The van der Waals surface area contributed by atoms with E-state index in [4.69, 9.17) is 22.4 Å². The number of carbonyl (C=O) groups is 1. The van der Waals surface area contributed by atoms with Crippen molar-refractivity contribution in [1.29, 1.82) is 0 Å². The maximum Gasteiger partial charge on any atom is 0.327 e. The third kappa shape index (κ3) is 2.24. The highest BCUT2D eigenvalue weighted by atomic mass is 35.5. The number of hydrogen-bond donors (Lipinski definition) is 2. The van der Waals surface area contributed by atoms with Crippen molar-refractivity contribution >= 4 is 17.6 Å². The minimum Gasteiger partial charge on any atom is -0.480 e. The fraction of sp³-hybridized carbons (Fsp3) is 0.222. The van der Waals surface area contributed by atoms with Gasteiger partial charge in [-0.15, -0.1) is 0 Å². The zero-order valence-electron chi connectivity index (χ0n) is 7.45. The van der Waals surface area contributed by atoms with Crippen LogP contribution < -0.4 is 5.73 Å². The Morgan fingerprint density at radius 2 is 2.00 bits per heavy atom. The summed E-state index contributed by atoms with van der Waals surface area (Å²) in [5.41, 5.74) is 4.31. The molecule has 1 aromatic rings. The van der Waals surface area contributed by atoms with Gasteiger partial charge in [0.25, 0.3) is 5.92 Å². The molecule has 0 saturated heterocycles. The number of nitrogens with two attached hydrogens (primary N) is 1. The van der Waals surface area contributed by atoms with Gasteiger partial charge in [-0.05, 0) is 6.07 Å². The van der Waals surface area contributed by atoms with Crippen LogP contribution in [0.5, 0.6) is 0 Å². The smallest absolute Gasteiger partial charge is 0.327 e. The van der Waals surface area contributed by atoms with E-state index in [9.17, 15) is 13.6 Å². The van der Waals surface area contributed by atoms with Crippen LogP contribution >= 0.6 is 11.6 Å². The van der Waals surface area contributed by atoms with E-state index < -0.39 is 23.5 Å². The Kier molecular flexibility index (Phi) is 3.26. The molecular weight excluding hydrogens is 228 g/mol. The molecule has 3 N–H and O–H groups in total. The molecular formula is C9H8ClF2NO2. The Morgan fingerprint density at radius 1 is 1.47 bits per heavy atom. The third-order valence-electron chi connectivity index (χ3n) is 1.89. The highest BCUT2D eigenvalue weighted by molar-refractivity contribution is 6.31. The lowest BCUT2D eigenvalue weighted by Crippen LogP contribution is -2.45. The lowest BCUT2D eigenvalue weighted by atomic mass is 10.0. The number of alkyl halides is 2. The molecule has 0 fully saturated rings. The lowest BCUT2D eigenvalue weighted by Gasteiger charge is -2.21. The van der Waals surface area contributed by atoms with E-state index in [1.165, 1.54) is 18.2 Å². The summed E-state index contributed by atoms with van der Waals surface area (Å²) in [6.07, 6.45) is 0. The van der Waals surface area contributed by atoms with Gasteiger partial charge in [-0.3, -0.25) is 4.79 Å². The van der Waals surface area contributed by atoms with Crippen LogP contribution in [0.3, 0.4) is 0 Å². The topological polar surface area (TPSA) is 63.3 Å². The Bertz CT molecular complexity index is 384. The quantitative estimate of drug-likeness (QED) is 0.840. The molecule has 0 spiro atoms. The number of benzene rings is 1. The molecule has 0 aliphatic rings. The summed E-state index contributed by atoms with van der Waals surface area (Å²) in [5.74, 6) is -5.47. The molecule has 0 bridgehead atoms. The first-order chi connectivity index (χ1) is 6.87. The van der Waals surface area contributed by atoms with Crippen LogP contribution in [0, 0.1) is 0 Å². The van der Waals surface area contributed by atoms with Crippen LogP contribution in [-0.4, -0.2) is 17.1 Å². The summed E-state index contributed by atoms with van der Waals surface area (Å²) in [5, 5.41) is 8.21. The molecule has 0 saturated carbocycles. The van der Waals surface area contributed by atoms with Crippen molar-refractivity contribution in [2.45, 2.75) is 12.0 Å². The molecule has 0 aliphatic heterocycles. The maximum atomic E-state index is 13.5. The van der Waals surface area contributed by atoms with Gasteiger partial charge in [0.1, 0.15) is 0 Å². The number of hydrogen-bond acceptors (Lipinski definition) is 2. The Morgan fingerprint density at radius 3 is 2.47 bits per heavy atom. The largest absolute Gasteiger partial charge is 0.480 e. The van der Waals surface area contributed by atoms with Gasteiger partial charge in [0, 0.05) is 10.6 Å². The Labute approximate surface area is 89.5 Å². The minimum atomic E-state index is -3.69. The lowest BCUT2D eigenvalue weighted by molar-refractivity contribution is -0.149. The van der Waals surface area contributed by atoms with Crippen LogP contribution in [0.25, 0.3) is 0 Å². The highest BCUT2D eigenvalue weighted by Gasteiger charge is 2.44. The van der Waals surface area contributed by atoms with Crippen molar-refractivity contribution in [3.63, 3.8) is 0 Å². The standard InChI is InChI=1S/C9H8ClF2NO2/c10-6-4-2-1-3-5(6)9(11,12)7(13)8(14)15/h1-4,7H,13H2,(H,14,15). The van der Waals surface area contributed by atoms with Crippen LogP contribution in [0.4, 0.5) is 8.78 Å². The molecule has 0 aliphatic carbocycles. The predicted octanol–water partition coefficient (Wildman–Crippen LogP) is 1.84. The van der Waals surface area contributed by atoms with E-state index in [-0.39, 0.29) is 5.02 Å². The van der Waals surface area contributed by atoms with Crippen molar-refractivity contribution in [2.24, 2.45) is 5.73 Å². The van der Waals surface area contributed by atoms with Gasteiger partial charge < -0.3 is 10.8 Å². The number of rotatable bonds is 3. The molecule has 6 heteroatoms. The second kappa shape index (κ2) is 4.12. The van der Waals surface area contributed by atoms with Gasteiger partial charge in [-0.25, -0.2) is 0 Å². The summed E-state index contributed by atoms with van der Waals surface area (Å²) in [7, 11) is 0. The molecule has 0 aromatic heterocycles. The van der Waals surface area contributed by atoms with Gasteiger partial charge in [0.15, 0.2) is 6.04 Å². The normalized spacial score (nSPS) is 13.6. The van der Waals surface area contributed by atoms with E-state index >= 15 is 0 Å². The zero-order valence-corrected chi connectivity index (χ0v) is 8.21. The Hall–Kier alpha value is -1.20. The van der Waals surface area contributed by atoms with Crippen LogP contribution in [-0.2, 0) is 10.7 Å². The van der Waals surface area contributed by atoms with Gasteiger partial charge in [0.05, 0.1) is 0 Å². The highest BCUT2D eigenvalue weighted by Crippen LogP contribution is 2.35. The maximum absolute atomic E-state index is 13.5. The van der Waals surface area contributed by atoms with Crippen LogP contribution in [0.1, 0.15) is 5.56 Å². The molecule has 82 valence electrons. The van der Waals surface area contributed by atoms with Gasteiger partial charge in [-0.1, -0.05) is 29.8 Å². The number of aliphatic carboxylic acids is 1. The van der Waals surface area contributed by atoms with Crippen molar-refractivity contribution in [2.75, 3.05) is 0 Å². The van der Waals surface area contributed by atoms with Crippen molar-refractivity contribution in [3.8, 4) is 0 Å². The average Bonchev–Trinajstić information content (AvgIpc) is 2.16. The van der Waals surface area contributed by atoms with Crippen molar-refractivity contribution in [1.82, 2.24) is 0 Å². The minimum absolute atomic E-state index is 0.209. The molecule has 1 rings (SSSR count). The van der Waals surface area contributed by atoms with E-state index in [0.29, 0.717) is 0 Å². The van der Waals surface area contributed by atoms with Crippen LogP contribution in [0.15, 0.2) is 24.3 Å². The first kappa shape index (κ1) is 11.9. The second-order valence-corrected chi connectivity index (χ2v) is 3.33. The molecule has 1 atom stereocenters. The fourth-order valence-electron chi connectivity index (χ4n) is 1.05. The SMILES string of the molecule is NC(C(=O)O)C(F)(F)c1ccccc1Cl. The summed E-state index contributed by atoms with van der Waals surface area (Å²) in [4.78, 5) is 10.4. The first-order valence-corrected chi connectivity index (χ1v) is 4.36. The van der Waals surface area contributed by atoms with Crippen LogP contribution in [0.2, 0.25) is 5.02 Å². The van der Waals surface area contributed by atoms with E-state index in [2.05, 4.69) is 0 Å². The predicted molar refractivity (Wildman–Crippen MR) is 51.0 cm³/mol. The van der Waals surface area contributed by atoms with E-state index in [1.807, 2.05) is 0 Å². The number of carboxylic acids is 1. The molecule has 1 unspecified atom stereocenters. The van der Waals surface area contributed by atoms with Gasteiger partial charge >= 0.3 is 5.97 Å². The molecule has 0 heterocycles. The summed E-state index contributed by atoms with van der Waals surface area (Å²) < 4.78 is 26.9. The molecule has 0 radical (unpaired) electrons. The summed E-state index contributed by atoms with van der Waals surface area (Å²) in [6.45, 7) is 0. The van der Waals surface area contributed by atoms with E-state index in [1.54, 1.807) is 0 Å². The second-order valence-electron chi connectivity index (χ2n) is 2.92. The zero-order chi connectivity index (χ0) is 11.6. The summed E-state index contributed by atoms with van der Waals surface area (Å²) in [6, 6.07) is 2.79. The van der Waals surface area contributed by atoms with Gasteiger partial charge in [-0.2, -0.15) is 8.78 Å². The van der Waals surface area contributed by atoms with E-state index in [0.717, 1.165) is 6.07 Å². The molecule has 0 amide bonds. The fourth-order valence-corrected chi connectivity index (χ4v) is 1.32. The molecule has 3 nitrogen and oxygen atoms in total. The molecule has 15 heavy (non-hydrogen) atoms.